The number of hydrogen-bond donors (Lipinski definition) is 1. The van der Waals surface area contributed by atoms with Crippen molar-refractivity contribution in [1.82, 2.24) is 0 Å². The van der Waals surface area contributed by atoms with Gasteiger partial charge in [-0.15, -0.1) is 0 Å². The van der Waals surface area contributed by atoms with Crippen molar-refractivity contribution in [2.24, 2.45) is 34.3 Å². The number of nitrogens with two attached hydrogens (primary N) is 1. The molecule has 1 spiro atoms. The van der Waals surface area contributed by atoms with E-state index >= 15 is 0 Å². The van der Waals surface area contributed by atoms with Crippen molar-refractivity contribution in [2.45, 2.75) is 104 Å². The maximum atomic E-state index is 6.74. The molecule has 0 heterocycles. The van der Waals surface area contributed by atoms with Gasteiger partial charge in [0.25, 0.3) is 0 Å². The van der Waals surface area contributed by atoms with Gasteiger partial charge in [0, 0.05) is 6.04 Å². The zero-order chi connectivity index (χ0) is 15.8. The highest BCUT2D eigenvalue weighted by atomic mass is 14.7. The summed E-state index contributed by atoms with van der Waals surface area (Å²) in [7, 11) is 0. The molecule has 0 amide bonds. The summed E-state index contributed by atoms with van der Waals surface area (Å²) >= 11 is 0. The molecule has 0 aromatic rings. The van der Waals surface area contributed by atoms with Crippen LogP contribution in [0.3, 0.4) is 0 Å². The van der Waals surface area contributed by atoms with Gasteiger partial charge >= 0.3 is 0 Å². The third kappa shape index (κ3) is 3.55. The molecule has 128 valence electrons. The zero-order valence-corrected chi connectivity index (χ0v) is 15.4. The molecule has 3 aliphatic rings. The molecule has 0 aromatic carbocycles. The van der Waals surface area contributed by atoms with E-state index in [9.17, 15) is 0 Å². The van der Waals surface area contributed by atoms with Gasteiger partial charge in [-0.3, -0.25) is 0 Å². The maximum Gasteiger partial charge on any atom is 0.00958 e. The molecule has 0 radical (unpaired) electrons. The lowest BCUT2D eigenvalue weighted by molar-refractivity contribution is 0.0858. The summed E-state index contributed by atoms with van der Waals surface area (Å²) < 4.78 is 0. The van der Waals surface area contributed by atoms with Crippen LogP contribution in [0.25, 0.3) is 0 Å². The van der Waals surface area contributed by atoms with Gasteiger partial charge in [0.2, 0.25) is 0 Å². The first-order valence-electron chi connectivity index (χ1n) is 10.2. The molecule has 3 fully saturated rings. The van der Waals surface area contributed by atoms with Gasteiger partial charge in [0.1, 0.15) is 0 Å². The van der Waals surface area contributed by atoms with E-state index in [2.05, 4.69) is 20.8 Å². The fourth-order valence-electron chi connectivity index (χ4n) is 6.03. The lowest BCUT2D eigenvalue weighted by Crippen LogP contribution is -2.38. The quantitative estimate of drug-likeness (QED) is 0.673. The van der Waals surface area contributed by atoms with E-state index in [-0.39, 0.29) is 0 Å². The minimum absolute atomic E-state index is 0.512. The molecule has 0 aliphatic heterocycles. The highest BCUT2D eigenvalue weighted by molar-refractivity contribution is 4.98. The van der Waals surface area contributed by atoms with E-state index in [4.69, 9.17) is 5.73 Å². The van der Waals surface area contributed by atoms with Crippen molar-refractivity contribution in [3.05, 3.63) is 0 Å². The predicted octanol–water partition coefficient (Wildman–Crippen LogP) is 5.92. The lowest BCUT2D eigenvalue weighted by atomic mass is 9.63. The summed E-state index contributed by atoms with van der Waals surface area (Å²) in [6.45, 7) is 7.31. The smallest absolute Gasteiger partial charge is 0.00958 e. The molecule has 2 N–H and O–H groups in total. The third-order valence-electron chi connectivity index (χ3n) is 7.75. The highest BCUT2D eigenvalue weighted by Crippen LogP contribution is 2.55. The molecule has 3 aliphatic carbocycles. The molecule has 0 aromatic heterocycles. The van der Waals surface area contributed by atoms with Crippen molar-refractivity contribution in [1.29, 1.82) is 0 Å². The average Bonchev–Trinajstić information content (AvgIpc) is 2.91. The summed E-state index contributed by atoms with van der Waals surface area (Å²) in [5.74, 6) is 2.64. The first-order valence-corrected chi connectivity index (χ1v) is 10.2. The van der Waals surface area contributed by atoms with Crippen molar-refractivity contribution >= 4 is 0 Å². The summed E-state index contributed by atoms with van der Waals surface area (Å²) in [4.78, 5) is 0. The van der Waals surface area contributed by atoms with Crippen molar-refractivity contribution < 1.29 is 0 Å². The number of hydrogen-bond acceptors (Lipinski definition) is 1. The van der Waals surface area contributed by atoms with Crippen molar-refractivity contribution in [2.75, 3.05) is 0 Å². The third-order valence-corrected chi connectivity index (χ3v) is 7.75. The van der Waals surface area contributed by atoms with Crippen molar-refractivity contribution in [3.8, 4) is 0 Å². The fraction of sp³-hybridized carbons (Fsp3) is 1.00. The summed E-state index contributed by atoms with van der Waals surface area (Å²) in [6, 6.07) is 0.514. The van der Waals surface area contributed by atoms with Crippen LogP contribution in [0.5, 0.6) is 0 Å². The molecule has 0 bridgehead atoms. The van der Waals surface area contributed by atoms with E-state index in [0.29, 0.717) is 16.9 Å². The molecule has 2 unspecified atom stereocenters. The Bertz CT molecular complexity index is 353. The summed E-state index contributed by atoms with van der Waals surface area (Å²) in [5.41, 5.74) is 7.95. The largest absolute Gasteiger partial charge is 0.327 e. The van der Waals surface area contributed by atoms with Crippen LogP contribution in [-0.4, -0.2) is 6.04 Å². The SMILES string of the molecule is CC(C)(C)C1CCC2(CCC(C(N)C3CCCCC3)C2)CC1. The first-order chi connectivity index (χ1) is 10.4. The summed E-state index contributed by atoms with van der Waals surface area (Å²) in [5, 5.41) is 0. The molecule has 3 rings (SSSR count). The summed E-state index contributed by atoms with van der Waals surface area (Å²) in [6.07, 6.45) is 17.4. The van der Waals surface area contributed by atoms with Gasteiger partial charge in [-0.25, -0.2) is 0 Å². The van der Waals surface area contributed by atoms with E-state index in [0.717, 1.165) is 17.8 Å². The Labute approximate surface area is 138 Å². The van der Waals surface area contributed by atoms with Crippen molar-refractivity contribution in [3.63, 3.8) is 0 Å². The van der Waals surface area contributed by atoms with Gasteiger partial charge in [0.15, 0.2) is 0 Å². The predicted molar refractivity (Wildman–Crippen MR) is 95.7 cm³/mol. The normalized spacial score (nSPS) is 39.3. The molecular formula is C21H39N. The van der Waals surface area contributed by atoms with Crippen LogP contribution in [0.4, 0.5) is 0 Å². The molecular weight excluding hydrogens is 266 g/mol. The van der Waals surface area contributed by atoms with Gasteiger partial charge in [-0.1, -0.05) is 40.0 Å². The molecule has 1 nitrogen and oxygen atoms in total. The minimum atomic E-state index is 0.512. The minimum Gasteiger partial charge on any atom is -0.327 e. The van der Waals surface area contributed by atoms with Gasteiger partial charge in [-0.05, 0) is 86.4 Å². The molecule has 0 saturated heterocycles. The second-order valence-corrected chi connectivity index (χ2v) is 10.1. The monoisotopic (exact) mass is 305 g/mol. The van der Waals surface area contributed by atoms with E-state index in [1.807, 2.05) is 0 Å². The van der Waals surface area contributed by atoms with Crippen LogP contribution in [0, 0.1) is 28.6 Å². The standard InChI is InChI=1S/C21H39N/c1-20(2,3)18-10-13-21(14-11-18)12-9-17(15-21)19(22)16-7-5-4-6-8-16/h16-19H,4-15,22H2,1-3H3. The molecule has 3 saturated carbocycles. The second kappa shape index (κ2) is 6.46. The van der Waals surface area contributed by atoms with E-state index < -0.39 is 0 Å². The van der Waals surface area contributed by atoms with Crippen LogP contribution in [0.15, 0.2) is 0 Å². The Hall–Kier alpha value is -0.0400. The first kappa shape index (κ1) is 16.8. The Balaban J connectivity index is 1.54. The fourth-order valence-corrected chi connectivity index (χ4v) is 6.03. The van der Waals surface area contributed by atoms with E-state index in [1.54, 1.807) is 0 Å². The average molecular weight is 306 g/mol. The lowest BCUT2D eigenvalue weighted by Gasteiger charge is -2.43. The Morgan fingerprint density at radius 2 is 1.41 bits per heavy atom. The van der Waals surface area contributed by atoms with Gasteiger partial charge in [-0.2, -0.15) is 0 Å². The van der Waals surface area contributed by atoms with Crippen LogP contribution >= 0.6 is 0 Å². The van der Waals surface area contributed by atoms with Crippen LogP contribution in [-0.2, 0) is 0 Å². The van der Waals surface area contributed by atoms with E-state index in [1.165, 1.54) is 77.0 Å². The van der Waals surface area contributed by atoms with Crippen LogP contribution in [0.1, 0.15) is 97.8 Å². The molecule has 1 heteroatoms. The van der Waals surface area contributed by atoms with Gasteiger partial charge < -0.3 is 5.73 Å². The highest BCUT2D eigenvalue weighted by Gasteiger charge is 2.45. The Morgan fingerprint density at radius 1 is 0.818 bits per heavy atom. The van der Waals surface area contributed by atoms with Crippen LogP contribution in [0.2, 0.25) is 0 Å². The molecule has 22 heavy (non-hydrogen) atoms. The van der Waals surface area contributed by atoms with Gasteiger partial charge in [0.05, 0.1) is 0 Å². The molecule has 2 atom stereocenters. The Kier molecular flexibility index (Phi) is 4.93. The topological polar surface area (TPSA) is 26.0 Å². The van der Waals surface area contributed by atoms with Crippen LogP contribution < -0.4 is 5.73 Å². The number of rotatable bonds is 2. The maximum absolute atomic E-state index is 6.74. The second-order valence-electron chi connectivity index (χ2n) is 10.1. The Morgan fingerprint density at radius 3 is 2.00 bits per heavy atom. The zero-order valence-electron chi connectivity index (χ0n) is 15.4.